The number of benzene rings is 1. The van der Waals surface area contributed by atoms with Crippen LogP contribution in [0, 0.1) is 5.92 Å². The first kappa shape index (κ1) is 25.1. The van der Waals surface area contributed by atoms with E-state index in [2.05, 4.69) is 13.2 Å². The highest BCUT2D eigenvalue weighted by atomic mass is 16.7. The van der Waals surface area contributed by atoms with Crippen LogP contribution in [0.25, 0.3) is 0 Å². The smallest absolute Gasteiger partial charge is 0.154 e. The minimum atomic E-state index is -0.780. The number of hydrogen-bond acceptors (Lipinski definition) is 6. The van der Waals surface area contributed by atoms with Gasteiger partial charge in [-0.1, -0.05) is 0 Å². The number of hydrogen-bond donors (Lipinski definition) is 1. The molecular weight excluding hydrogens is 348 g/mol. The van der Waals surface area contributed by atoms with Crippen molar-refractivity contribution in [3.8, 4) is 11.5 Å². The van der Waals surface area contributed by atoms with Gasteiger partial charge in [-0.05, 0) is 45.2 Å². The molecule has 2 atom stereocenters. The first-order chi connectivity index (χ1) is 13.0. The summed E-state index contributed by atoms with van der Waals surface area (Å²) >= 11 is 0. The highest BCUT2D eigenvalue weighted by molar-refractivity contribution is 5.59. The topological polar surface area (TPSA) is 74.2 Å². The third-order valence-electron chi connectivity index (χ3n) is 4.08. The highest BCUT2D eigenvalue weighted by Gasteiger charge is 2.31. The molecule has 0 spiro atoms. The lowest BCUT2D eigenvalue weighted by Crippen LogP contribution is -2.22. The van der Waals surface area contributed by atoms with Crippen LogP contribution in [0.15, 0.2) is 25.3 Å². The van der Waals surface area contributed by atoms with Crippen LogP contribution in [0.4, 0.5) is 0 Å². The van der Waals surface area contributed by atoms with Crippen molar-refractivity contribution in [1.29, 1.82) is 0 Å². The quantitative estimate of drug-likeness (QED) is 0.440. The number of aliphatic hydroxyl groups excluding tert-OH is 1. The standard InChI is InChI=1S/C13H16O4.C6H14O2.C2H4/c1-16-10-5-8-3-4-9(7-14)13(15)12(8)11(6-10)17-2;1-4-7-6(3)8-5-2;1-2/h5-7,9,13,15H,3-4H2,1-2H3;6H,4-5H2,1-3H3;1-2H2. The number of aliphatic hydroxyl groups is 1. The van der Waals surface area contributed by atoms with Crippen LogP contribution in [0.3, 0.4) is 0 Å². The normalized spacial score (nSPS) is 17.6. The van der Waals surface area contributed by atoms with Gasteiger partial charge in [0.2, 0.25) is 0 Å². The maximum absolute atomic E-state index is 10.9. The SMILES string of the molecule is C=C.CCOC(C)OCC.COc1cc2c(c(OC)c1)C(O)C(C=O)CC2. The number of aryl methyl sites for hydroxylation is 1. The summed E-state index contributed by atoms with van der Waals surface area (Å²) in [5.74, 6) is 0.945. The minimum absolute atomic E-state index is 0.0370. The van der Waals surface area contributed by atoms with Gasteiger partial charge in [0.25, 0.3) is 0 Å². The number of methoxy groups -OCH3 is 2. The molecule has 0 saturated heterocycles. The molecule has 0 heterocycles. The Balaban J connectivity index is 0.000000574. The van der Waals surface area contributed by atoms with Crippen LogP contribution in [0.5, 0.6) is 11.5 Å². The summed E-state index contributed by atoms with van der Waals surface area (Å²) in [5, 5.41) is 10.1. The predicted molar refractivity (Wildman–Crippen MR) is 106 cm³/mol. The Kier molecular flexibility index (Phi) is 13.2. The van der Waals surface area contributed by atoms with Gasteiger partial charge in [0, 0.05) is 30.8 Å². The lowest BCUT2D eigenvalue weighted by Gasteiger charge is -2.28. The van der Waals surface area contributed by atoms with Crippen LogP contribution in [-0.4, -0.2) is 45.1 Å². The Morgan fingerprint density at radius 3 is 2.22 bits per heavy atom. The fourth-order valence-corrected chi connectivity index (χ4v) is 2.84. The zero-order chi connectivity index (χ0) is 20.8. The summed E-state index contributed by atoms with van der Waals surface area (Å²) in [7, 11) is 3.14. The zero-order valence-electron chi connectivity index (χ0n) is 17.2. The van der Waals surface area contributed by atoms with Gasteiger partial charge >= 0.3 is 0 Å². The number of aldehydes is 1. The molecule has 0 saturated carbocycles. The molecule has 1 aromatic rings. The van der Waals surface area contributed by atoms with Gasteiger partial charge in [-0.15, -0.1) is 13.2 Å². The third kappa shape index (κ3) is 7.71. The lowest BCUT2D eigenvalue weighted by molar-refractivity contribution is -0.123. The van der Waals surface area contributed by atoms with Crippen LogP contribution in [-0.2, 0) is 20.7 Å². The van der Waals surface area contributed by atoms with Gasteiger partial charge in [0.1, 0.15) is 17.8 Å². The maximum Gasteiger partial charge on any atom is 0.154 e. The Hall–Kier alpha value is -1.89. The lowest BCUT2D eigenvalue weighted by atomic mass is 9.81. The van der Waals surface area contributed by atoms with Crippen molar-refractivity contribution in [3.05, 3.63) is 36.4 Å². The van der Waals surface area contributed by atoms with E-state index in [9.17, 15) is 9.90 Å². The van der Waals surface area contributed by atoms with Gasteiger partial charge < -0.3 is 28.8 Å². The van der Waals surface area contributed by atoms with Crippen molar-refractivity contribution in [2.75, 3.05) is 27.4 Å². The molecule has 0 amide bonds. The predicted octanol–water partition coefficient (Wildman–Crippen LogP) is 3.71. The molecule has 1 aliphatic rings. The summed E-state index contributed by atoms with van der Waals surface area (Å²) in [4.78, 5) is 10.9. The second-order valence-corrected chi connectivity index (χ2v) is 5.66. The first-order valence-electron chi connectivity index (χ1n) is 9.13. The maximum atomic E-state index is 10.9. The number of ether oxygens (including phenoxy) is 4. The van der Waals surface area contributed by atoms with Crippen molar-refractivity contribution in [2.45, 2.75) is 46.0 Å². The Labute approximate surface area is 163 Å². The van der Waals surface area contributed by atoms with E-state index in [1.165, 1.54) is 0 Å². The molecule has 0 radical (unpaired) electrons. The van der Waals surface area contributed by atoms with Gasteiger partial charge in [-0.3, -0.25) is 0 Å². The Morgan fingerprint density at radius 1 is 1.19 bits per heavy atom. The van der Waals surface area contributed by atoms with E-state index in [0.29, 0.717) is 17.9 Å². The van der Waals surface area contributed by atoms with Crippen LogP contribution < -0.4 is 9.47 Å². The van der Waals surface area contributed by atoms with E-state index in [1.54, 1.807) is 20.3 Å². The van der Waals surface area contributed by atoms with Crippen molar-refractivity contribution >= 4 is 6.29 Å². The second kappa shape index (κ2) is 14.2. The molecule has 2 rings (SSSR count). The summed E-state index contributed by atoms with van der Waals surface area (Å²) in [6.45, 7) is 13.3. The molecule has 0 bridgehead atoms. The van der Waals surface area contributed by atoms with E-state index in [4.69, 9.17) is 18.9 Å². The zero-order valence-corrected chi connectivity index (χ0v) is 17.2. The second-order valence-electron chi connectivity index (χ2n) is 5.66. The molecule has 1 N–H and O–H groups in total. The monoisotopic (exact) mass is 382 g/mol. The molecule has 0 fully saturated rings. The van der Waals surface area contributed by atoms with Crippen molar-refractivity contribution < 1.29 is 28.8 Å². The molecule has 0 aliphatic heterocycles. The third-order valence-corrected chi connectivity index (χ3v) is 4.08. The molecule has 27 heavy (non-hydrogen) atoms. The van der Waals surface area contributed by atoms with E-state index in [1.807, 2.05) is 26.8 Å². The molecular formula is C21H34O6. The largest absolute Gasteiger partial charge is 0.497 e. The number of rotatable bonds is 7. The van der Waals surface area contributed by atoms with E-state index >= 15 is 0 Å². The molecule has 154 valence electrons. The molecule has 1 aromatic carbocycles. The molecule has 0 aromatic heterocycles. The summed E-state index contributed by atoms with van der Waals surface area (Å²) < 4.78 is 20.6. The van der Waals surface area contributed by atoms with Crippen LogP contribution >= 0.6 is 0 Å². The van der Waals surface area contributed by atoms with Crippen molar-refractivity contribution in [2.24, 2.45) is 5.92 Å². The van der Waals surface area contributed by atoms with Gasteiger partial charge in [-0.2, -0.15) is 0 Å². The Bertz CT molecular complexity index is 522. The van der Waals surface area contributed by atoms with Crippen LogP contribution in [0.1, 0.15) is 44.4 Å². The Morgan fingerprint density at radius 2 is 1.78 bits per heavy atom. The number of carbonyl (C=O) groups excluding carboxylic acids is 1. The van der Waals surface area contributed by atoms with Gasteiger partial charge in [0.05, 0.1) is 20.3 Å². The summed E-state index contributed by atoms with van der Waals surface area (Å²) in [5.41, 5.74) is 1.71. The van der Waals surface area contributed by atoms with E-state index < -0.39 is 6.10 Å². The summed E-state index contributed by atoms with van der Waals surface area (Å²) in [6, 6.07) is 3.62. The molecule has 1 aliphatic carbocycles. The number of carbonyl (C=O) groups is 1. The van der Waals surface area contributed by atoms with Crippen LogP contribution in [0.2, 0.25) is 0 Å². The highest BCUT2D eigenvalue weighted by Crippen LogP contribution is 2.41. The molecule has 2 unspecified atom stereocenters. The van der Waals surface area contributed by atoms with Crippen molar-refractivity contribution in [3.63, 3.8) is 0 Å². The summed E-state index contributed by atoms with van der Waals surface area (Å²) in [6.07, 6.45) is 1.41. The first-order valence-corrected chi connectivity index (χ1v) is 9.13. The van der Waals surface area contributed by atoms with E-state index in [0.717, 1.165) is 37.0 Å². The van der Waals surface area contributed by atoms with Crippen molar-refractivity contribution in [1.82, 2.24) is 0 Å². The fraction of sp³-hybridized carbons (Fsp3) is 0.571. The van der Waals surface area contributed by atoms with E-state index in [-0.39, 0.29) is 12.2 Å². The average Bonchev–Trinajstić information content (AvgIpc) is 2.69. The van der Waals surface area contributed by atoms with Gasteiger partial charge in [0.15, 0.2) is 6.29 Å². The molecule has 6 heteroatoms. The molecule has 6 nitrogen and oxygen atoms in total. The average molecular weight is 382 g/mol. The minimum Gasteiger partial charge on any atom is -0.497 e. The number of fused-ring (bicyclic) bond motifs is 1. The fourth-order valence-electron chi connectivity index (χ4n) is 2.84. The van der Waals surface area contributed by atoms with Gasteiger partial charge in [-0.25, -0.2) is 0 Å².